The maximum atomic E-state index is 12.5. The fourth-order valence-electron chi connectivity index (χ4n) is 2.47. The zero-order valence-electron chi connectivity index (χ0n) is 15.0. The van der Waals surface area contributed by atoms with Crippen LogP contribution in [0.15, 0.2) is 60.7 Å². The van der Waals surface area contributed by atoms with Crippen molar-refractivity contribution >= 4 is 23.3 Å². The van der Waals surface area contributed by atoms with Crippen LogP contribution in [0.4, 0.5) is 5.82 Å². The topological polar surface area (TPSA) is 60.5 Å². The molecule has 5 nitrogen and oxygen atoms in total. The first-order valence-corrected chi connectivity index (χ1v) is 8.73. The highest BCUT2D eigenvalue weighted by molar-refractivity contribution is 6.30. The Morgan fingerprint density at radius 3 is 2.56 bits per heavy atom. The van der Waals surface area contributed by atoms with Crippen molar-refractivity contribution in [2.75, 3.05) is 12.4 Å². The molecule has 0 aliphatic carbocycles. The van der Waals surface area contributed by atoms with Gasteiger partial charge in [-0.15, -0.1) is 0 Å². The molecule has 3 rings (SSSR count). The molecular formula is C21H19ClN2O3. The number of aromatic nitrogens is 1. The molecule has 0 radical (unpaired) electrons. The van der Waals surface area contributed by atoms with E-state index in [2.05, 4.69) is 10.3 Å². The molecule has 1 heterocycles. The Bertz CT molecular complexity index is 942. The standard InChI is InChI=1S/C21H19ClN2O3/c1-14-4-3-5-20(23-14)24-21(25)16-8-11-18(19(12-16)26-2)27-13-15-6-9-17(22)10-7-15/h3-12H,13H2,1-2H3,(H,23,24,25). The summed E-state index contributed by atoms with van der Waals surface area (Å²) in [6.07, 6.45) is 0. The molecule has 3 aromatic rings. The number of amides is 1. The monoisotopic (exact) mass is 382 g/mol. The lowest BCUT2D eigenvalue weighted by Gasteiger charge is -2.12. The van der Waals surface area contributed by atoms with Crippen LogP contribution in [0, 0.1) is 6.92 Å². The lowest BCUT2D eigenvalue weighted by molar-refractivity contribution is 0.102. The molecule has 0 aliphatic rings. The summed E-state index contributed by atoms with van der Waals surface area (Å²) in [7, 11) is 1.54. The fraction of sp³-hybridized carbons (Fsp3) is 0.143. The van der Waals surface area contributed by atoms with Gasteiger partial charge in [0.25, 0.3) is 5.91 Å². The van der Waals surface area contributed by atoms with Crippen molar-refractivity contribution in [1.82, 2.24) is 4.98 Å². The maximum Gasteiger partial charge on any atom is 0.256 e. The summed E-state index contributed by atoms with van der Waals surface area (Å²) in [4.78, 5) is 16.7. The average Bonchev–Trinajstić information content (AvgIpc) is 2.67. The molecule has 0 bridgehead atoms. The van der Waals surface area contributed by atoms with Crippen molar-refractivity contribution < 1.29 is 14.3 Å². The van der Waals surface area contributed by atoms with Crippen molar-refractivity contribution in [3.63, 3.8) is 0 Å². The number of carbonyl (C=O) groups excluding carboxylic acids is 1. The third-order valence-corrected chi connectivity index (χ3v) is 4.12. The van der Waals surface area contributed by atoms with E-state index in [-0.39, 0.29) is 5.91 Å². The van der Waals surface area contributed by atoms with E-state index in [1.54, 1.807) is 24.3 Å². The first kappa shape index (κ1) is 18.7. The molecule has 0 saturated heterocycles. The van der Waals surface area contributed by atoms with Crippen LogP contribution >= 0.6 is 11.6 Å². The molecule has 1 aromatic heterocycles. The summed E-state index contributed by atoms with van der Waals surface area (Å²) in [5.74, 6) is 1.27. The quantitative estimate of drug-likeness (QED) is 0.659. The molecule has 0 atom stereocenters. The Morgan fingerprint density at radius 2 is 1.85 bits per heavy atom. The number of rotatable bonds is 6. The van der Waals surface area contributed by atoms with Crippen LogP contribution in [0.5, 0.6) is 11.5 Å². The summed E-state index contributed by atoms with van der Waals surface area (Å²) >= 11 is 5.89. The van der Waals surface area contributed by atoms with Crippen molar-refractivity contribution in [3.8, 4) is 11.5 Å². The predicted octanol–water partition coefficient (Wildman–Crippen LogP) is 4.88. The number of benzene rings is 2. The molecular weight excluding hydrogens is 364 g/mol. The van der Waals surface area contributed by atoms with E-state index in [1.807, 2.05) is 43.3 Å². The zero-order valence-corrected chi connectivity index (χ0v) is 15.8. The number of nitrogens with zero attached hydrogens (tertiary/aromatic N) is 1. The first-order chi connectivity index (χ1) is 13.0. The van der Waals surface area contributed by atoms with Gasteiger partial charge < -0.3 is 14.8 Å². The zero-order chi connectivity index (χ0) is 19.2. The fourth-order valence-corrected chi connectivity index (χ4v) is 2.60. The minimum atomic E-state index is -0.268. The molecule has 138 valence electrons. The maximum absolute atomic E-state index is 12.5. The lowest BCUT2D eigenvalue weighted by atomic mass is 10.2. The van der Waals surface area contributed by atoms with Crippen molar-refractivity contribution in [2.24, 2.45) is 0 Å². The van der Waals surface area contributed by atoms with Crippen molar-refractivity contribution in [3.05, 3.63) is 82.5 Å². The molecule has 0 saturated carbocycles. The highest BCUT2D eigenvalue weighted by Crippen LogP contribution is 2.29. The van der Waals surface area contributed by atoms with Crippen LogP contribution in [-0.2, 0) is 6.61 Å². The molecule has 0 fully saturated rings. The summed E-state index contributed by atoms with van der Waals surface area (Å²) in [5, 5.41) is 3.45. The lowest BCUT2D eigenvalue weighted by Crippen LogP contribution is -2.13. The van der Waals surface area contributed by atoms with Gasteiger partial charge in [-0.1, -0.05) is 29.8 Å². The summed E-state index contributed by atoms with van der Waals surface area (Å²) in [6.45, 7) is 2.23. The van der Waals surface area contributed by atoms with Gasteiger partial charge in [-0.25, -0.2) is 4.98 Å². The van der Waals surface area contributed by atoms with E-state index in [4.69, 9.17) is 21.1 Å². The number of methoxy groups -OCH3 is 1. The van der Waals surface area contributed by atoms with E-state index in [9.17, 15) is 4.79 Å². The number of halogens is 1. The Hall–Kier alpha value is -3.05. The van der Waals surface area contributed by atoms with Crippen LogP contribution in [0.25, 0.3) is 0 Å². The second kappa shape index (κ2) is 8.56. The Kier molecular flexibility index (Phi) is 5.94. The van der Waals surface area contributed by atoms with Gasteiger partial charge in [-0.3, -0.25) is 4.79 Å². The number of anilines is 1. The second-order valence-corrected chi connectivity index (χ2v) is 6.34. The highest BCUT2D eigenvalue weighted by Gasteiger charge is 2.12. The smallest absolute Gasteiger partial charge is 0.256 e. The average molecular weight is 383 g/mol. The number of pyridine rings is 1. The van der Waals surface area contributed by atoms with Gasteiger partial charge in [0.1, 0.15) is 12.4 Å². The van der Waals surface area contributed by atoms with Gasteiger partial charge in [0.05, 0.1) is 7.11 Å². The Morgan fingerprint density at radius 1 is 1.07 bits per heavy atom. The number of hydrogen-bond donors (Lipinski definition) is 1. The largest absolute Gasteiger partial charge is 0.493 e. The van der Waals surface area contributed by atoms with E-state index >= 15 is 0 Å². The SMILES string of the molecule is COc1cc(C(=O)Nc2cccc(C)n2)ccc1OCc1ccc(Cl)cc1. The van der Waals surface area contributed by atoms with Gasteiger partial charge in [0.2, 0.25) is 0 Å². The van der Waals surface area contributed by atoms with Gasteiger partial charge in [0, 0.05) is 16.3 Å². The molecule has 0 spiro atoms. The van der Waals surface area contributed by atoms with E-state index in [0.717, 1.165) is 11.3 Å². The summed E-state index contributed by atoms with van der Waals surface area (Å²) in [5.41, 5.74) is 2.26. The Balaban J connectivity index is 1.71. The van der Waals surface area contributed by atoms with Gasteiger partial charge >= 0.3 is 0 Å². The molecule has 27 heavy (non-hydrogen) atoms. The summed E-state index contributed by atoms with van der Waals surface area (Å²) < 4.78 is 11.2. The van der Waals surface area contributed by atoms with Gasteiger partial charge in [-0.2, -0.15) is 0 Å². The first-order valence-electron chi connectivity index (χ1n) is 8.35. The number of ether oxygens (including phenoxy) is 2. The minimum Gasteiger partial charge on any atom is -0.493 e. The van der Waals surface area contributed by atoms with Gasteiger partial charge in [-0.05, 0) is 55.0 Å². The molecule has 0 unspecified atom stereocenters. The van der Waals surface area contributed by atoms with E-state index < -0.39 is 0 Å². The van der Waals surface area contributed by atoms with Crippen LogP contribution in [0.2, 0.25) is 5.02 Å². The minimum absolute atomic E-state index is 0.268. The van der Waals surface area contributed by atoms with Crippen LogP contribution in [0.1, 0.15) is 21.6 Å². The van der Waals surface area contributed by atoms with E-state index in [0.29, 0.717) is 34.5 Å². The Labute approximate surface area is 162 Å². The molecule has 6 heteroatoms. The number of carbonyl (C=O) groups is 1. The van der Waals surface area contributed by atoms with Crippen molar-refractivity contribution in [2.45, 2.75) is 13.5 Å². The van der Waals surface area contributed by atoms with Crippen LogP contribution < -0.4 is 14.8 Å². The summed E-state index contributed by atoms with van der Waals surface area (Å²) in [6, 6.07) is 17.9. The normalized spacial score (nSPS) is 10.3. The molecule has 0 aliphatic heterocycles. The van der Waals surface area contributed by atoms with Gasteiger partial charge in [0.15, 0.2) is 11.5 Å². The predicted molar refractivity (Wildman–Crippen MR) is 106 cm³/mol. The number of hydrogen-bond acceptors (Lipinski definition) is 4. The number of aryl methyl sites for hydroxylation is 1. The third kappa shape index (κ3) is 4.99. The molecule has 1 amide bonds. The number of nitrogens with one attached hydrogen (secondary N) is 1. The molecule has 2 aromatic carbocycles. The molecule has 1 N–H and O–H groups in total. The van der Waals surface area contributed by atoms with E-state index in [1.165, 1.54) is 7.11 Å². The third-order valence-electron chi connectivity index (χ3n) is 3.86. The highest BCUT2D eigenvalue weighted by atomic mass is 35.5. The van der Waals surface area contributed by atoms with Crippen LogP contribution in [-0.4, -0.2) is 18.0 Å². The second-order valence-electron chi connectivity index (χ2n) is 5.90. The van der Waals surface area contributed by atoms with Crippen molar-refractivity contribution in [1.29, 1.82) is 0 Å². The van der Waals surface area contributed by atoms with Crippen LogP contribution in [0.3, 0.4) is 0 Å².